The number of rotatable bonds is 6. The number of nitrogens with one attached hydrogen (secondary N) is 1. The second-order valence-electron chi connectivity index (χ2n) is 8.68. The molecule has 1 saturated heterocycles. The lowest BCUT2D eigenvalue weighted by atomic mass is 10.0. The van der Waals surface area contributed by atoms with E-state index in [1.165, 1.54) is 0 Å². The summed E-state index contributed by atoms with van der Waals surface area (Å²) in [7, 11) is 0. The van der Waals surface area contributed by atoms with Crippen molar-refractivity contribution in [1.29, 1.82) is 0 Å². The van der Waals surface area contributed by atoms with Gasteiger partial charge in [0.1, 0.15) is 5.01 Å². The van der Waals surface area contributed by atoms with Gasteiger partial charge in [-0.25, -0.2) is 4.98 Å². The van der Waals surface area contributed by atoms with Gasteiger partial charge in [0.05, 0.1) is 35.1 Å². The predicted molar refractivity (Wildman–Crippen MR) is 122 cm³/mol. The van der Waals surface area contributed by atoms with Crippen molar-refractivity contribution < 1.29 is 9.53 Å². The van der Waals surface area contributed by atoms with E-state index in [-0.39, 0.29) is 11.4 Å². The predicted octanol–water partition coefficient (Wildman–Crippen LogP) is 4.58. The van der Waals surface area contributed by atoms with Crippen LogP contribution in [0, 0.1) is 5.92 Å². The molecule has 160 valence electrons. The van der Waals surface area contributed by atoms with Gasteiger partial charge in [0.2, 0.25) is 5.91 Å². The van der Waals surface area contributed by atoms with Gasteiger partial charge in [-0.15, -0.1) is 11.3 Å². The van der Waals surface area contributed by atoms with Crippen LogP contribution in [-0.2, 0) is 21.5 Å². The average Bonchev–Trinajstić information content (AvgIpc) is 3.45. The second kappa shape index (κ2) is 8.99. The third-order valence-corrected chi connectivity index (χ3v) is 6.86. The number of amides is 1. The molecule has 3 aromatic heterocycles. The Bertz CT molecular complexity index is 979. The first-order valence-electron chi connectivity index (χ1n) is 10.3. The van der Waals surface area contributed by atoms with Crippen molar-refractivity contribution in [3.63, 3.8) is 0 Å². The van der Waals surface area contributed by atoms with E-state index in [4.69, 9.17) is 9.72 Å². The minimum Gasteiger partial charge on any atom is -0.381 e. The number of aromatic nitrogens is 3. The summed E-state index contributed by atoms with van der Waals surface area (Å²) in [4.78, 5) is 17.2. The molecule has 8 heteroatoms. The van der Waals surface area contributed by atoms with E-state index in [2.05, 4.69) is 52.7 Å². The van der Waals surface area contributed by atoms with Crippen molar-refractivity contribution in [2.45, 2.75) is 45.6 Å². The number of hydrogen-bond donors (Lipinski definition) is 1. The first kappa shape index (κ1) is 21.2. The molecule has 0 aliphatic carbocycles. The molecule has 0 spiro atoms. The summed E-state index contributed by atoms with van der Waals surface area (Å²) in [5.74, 6) is 0.548. The third-order valence-electron chi connectivity index (χ3n) is 5.25. The van der Waals surface area contributed by atoms with Gasteiger partial charge in [-0.3, -0.25) is 9.48 Å². The number of thiazole rings is 1. The van der Waals surface area contributed by atoms with E-state index >= 15 is 0 Å². The molecule has 0 bridgehead atoms. The highest BCUT2D eigenvalue weighted by atomic mass is 32.1. The number of nitrogens with zero attached hydrogens (tertiary/aromatic N) is 3. The highest BCUT2D eigenvalue weighted by molar-refractivity contribution is 7.13. The number of hydrogen-bond acceptors (Lipinski definition) is 6. The second-order valence-corrected chi connectivity index (χ2v) is 10.3. The van der Waals surface area contributed by atoms with Crippen LogP contribution in [0.2, 0.25) is 0 Å². The molecule has 1 aliphatic rings. The third kappa shape index (κ3) is 4.82. The summed E-state index contributed by atoms with van der Waals surface area (Å²) in [6, 6.07) is 2.12. The number of ether oxygens (including phenoxy) is 1. The lowest BCUT2D eigenvalue weighted by Crippen LogP contribution is -2.33. The van der Waals surface area contributed by atoms with Gasteiger partial charge in [-0.05, 0) is 51.0 Å². The summed E-state index contributed by atoms with van der Waals surface area (Å²) in [6.45, 7) is 8.76. The topological polar surface area (TPSA) is 69.0 Å². The van der Waals surface area contributed by atoms with Crippen LogP contribution < -0.4 is 5.32 Å². The van der Waals surface area contributed by atoms with Crippen LogP contribution in [-0.4, -0.2) is 40.4 Å². The lowest BCUT2D eigenvalue weighted by molar-refractivity contribution is -0.120. The van der Waals surface area contributed by atoms with Crippen LogP contribution in [0.1, 0.15) is 39.3 Å². The summed E-state index contributed by atoms with van der Waals surface area (Å²) in [6.07, 6.45) is 4.24. The van der Waals surface area contributed by atoms with Gasteiger partial charge in [0.15, 0.2) is 0 Å². The maximum Gasteiger partial charge on any atom is 0.226 e. The minimum atomic E-state index is -0.139. The van der Waals surface area contributed by atoms with Gasteiger partial charge in [0.25, 0.3) is 0 Å². The molecule has 1 N–H and O–H groups in total. The van der Waals surface area contributed by atoms with Crippen molar-refractivity contribution in [1.82, 2.24) is 20.1 Å². The standard InChI is InChI=1S/C22H28N4O2S2/c1-22(2,3)26-20(16-6-9-29-13-16)18(12-24-26)21-25-17(14-30-21)10-19(27)23-11-15-4-7-28-8-5-15/h6,9,12-15H,4-5,7-8,10-11H2,1-3H3,(H,23,27). The Hall–Kier alpha value is -2.03. The molecule has 0 saturated carbocycles. The van der Waals surface area contributed by atoms with Gasteiger partial charge in [-0.2, -0.15) is 16.4 Å². The van der Waals surface area contributed by atoms with E-state index in [1.807, 2.05) is 11.6 Å². The molecule has 1 aliphatic heterocycles. The van der Waals surface area contributed by atoms with Crippen LogP contribution >= 0.6 is 22.7 Å². The van der Waals surface area contributed by atoms with Crippen LogP contribution in [0.4, 0.5) is 0 Å². The number of thiophene rings is 1. The van der Waals surface area contributed by atoms with Gasteiger partial charge in [0, 0.05) is 36.1 Å². The Morgan fingerprint density at radius 3 is 2.80 bits per heavy atom. The van der Waals surface area contributed by atoms with Crippen LogP contribution in [0.15, 0.2) is 28.4 Å². The zero-order valence-electron chi connectivity index (χ0n) is 17.7. The molecule has 0 aromatic carbocycles. The number of carbonyl (C=O) groups excluding carboxylic acids is 1. The fourth-order valence-electron chi connectivity index (χ4n) is 3.64. The summed E-state index contributed by atoms with van der Waals surface area (Å²) in [5, 5.41) is 14.8. The maximum absolute atomic E-state index is 12.4. The molecule has 0 unspecified atom stereocenters. The van der Waals surface area contributed by atoms with Crippen molar-refractivity contribution in [2.75, 3.05) is 19.8 Å². The van der Waals surface area contributed by atoms with Crippen LogP contribution in [0.5, 0.6) is 0 Å². The first-order chi connectivity index (χ1) is 14.4. The van der Waals surface area contributed by atoms with Gasteiger partial charge in [-0.1, -0.05) is 0 Å². The maximum atomic E-state index is 12.4. The molecule has 3 aromatic rings. The smallest absolute Gasteiger partial charge is 0.226 e. The van der Waals surface area contributed by atoms with E-state index in [0.717, 1.165) is 60.1 Å². The average molecular weight is 445 g/mol. The molecule has 4 rings (SSSR count). The fourth-order valence-corrected chi connectivity index (χ4v) is 5.11. The Morgan fingerprint density at radius 2 is 2.10 bits per heavy atom. The molecule has 1 amide bonds. The van der Waals surface area contributed by atoms with E-state index in [0.29, 0.717) is 12.3 Å². The molecule has 30 heavy (non-hydrogen) atoms. The molecular weight excluding hydrogens is 416 g/mol. The van der Waals surface area contributed by atoms with Crippen molar-refractivity contribution in [3.05, 3.63) is 34.1 Å². The van der Waals surface area contributed by atoms with Crippen molar-refractivity contribution in [2.24, 2.45) is 5.92 Å². The highest BCUT2D eigenvalue weighted by Gasteiger charge is 2.24. The fraction of sp³-hybridized carbons (Fsp3) is 0.500. The van der Waals surface area contributed by atoms with Crippen LogP contribution in [0.25, 0.3) is 21.8 Å². The Morgan fingerprint density at radius 1 is 1.30 bits per heavy atom. The lowest BCUT2D eigenvalue weighted by Gasteiger charge is -2.22. The van der Waals surface area contributed by atoms with E-state index in [1.54, 1.807) is 22.7 Å². The first-order valence-corrected chi connectivity index (χ1v) is 12.1. The minimum absolute atomic E-state index is 0.0294. The zero-order chi connectivity index (χ0) is 21.1. The Kier molecular flexibility index (Phi) is 6.36. The highest BCUT2D eigenvalue weighted by Crippen LogP contribution is 2.37. The molecular formula is C22H28N4O2S2. The Balaban J connectivity index is 1.49. The van der Waals surface area contributed by atoms with Gasteiger partial charge >= 0.3 is 0 Å². The quantitative estimate of drug-likeness (QED) is 0.604. The number of carbonyl (C=O) groups is 1. The molecule has 4 heterocycles. The summed E-state index contributed by atoms with van der Waals surface area (Å²) >= 11 is 3.24. The largest absolute Gasteiger partial charge is 0.381 e. The zero-order valence-corrected chi connectivity index (χ0v) is 19.3. The molecule has 1 fully saturated rings. The van der Waals surface area contributed by atoms with E-state index in [9.17, 15) is 4.79 Å². The molecule has 6 nitrogen and oxygen atoms in total. The molecule has 0 atom stereocenters. The molecule has 0 radical (unpaired) electrons. The van der Waals surface area contributed by atoms with Crippen molar-refractivity contribution in [3.8, 4) is 21.8 Å². The van der Waals surface area contributed by atoms with E-state index < -0.39 is 0 Å². The van der Waals surface area contributed by atoms with Gasteiger partial charge < -0.3 is 10.1 Å². The summed E-state index contributed by atoms with van der Waals surface area (Å²) < 4.78 is 7.44. The Labute approximate surface area is 185 Å². The monoisotopic (exact) mass is 444 g/mol. The van der Waals surface area contributed by atoms with Crippen molar-refractivity contribution >= 4 is 28.6 Å². The summed E-state index contributed by atoms with van der Waals surface area (Å²) in [5.41, 5.74) is 3.91. The normalized spacial score (nSPS) is 15.4. The van der Waals surface area contributed by atoms with Crippen LogP contribution in [0.3, 0.4) is 0 Å². The SMILES string of the molecule is CC(C)(C)n1ncc(-c2nc(CC(=O)NCC3CCOCC3)cs2)c1-c1ccsc1.